The first-order valence-electron chi connectivity index (χ1n) is 6.60. The fraction of sp³-hybridized carbons (Fsp3) is 0.312. The van der Waals surface area contributed by atoms with Crippen molar-refractivity contribution in [3.63, 3.8) is 0 Å². The summed E-state index contributed by atoms with van der Waals surface area (Å²) in [5.74, 6) is 1.28. The van der Waals surface area contributed by atoms with Crippen LogP contribution >= 0.6 is 27.3 Å². The number of ether oxygens (including phenoxy) is 1. The molecule has 2 rings (SSSR count). The van der Waals surface area contributed by atoms with Gasteiger partial charge < -0.3 is 4.74 Å². The number of hydrogen-bond donors (Lipinski definition) is 0. The third-order valence-corrected chi connectivity index (χ3v) is 5.18. The SMILES string of the molecule is CCC(C)c1ccc(OCC(=O)c2sccc2Br)cc1. The molecule has 1 aromatic carbocycles. The number of thiophene rings is 1. The minimum absolute atomic E-state index is 0.00197. The number of hydrogen-bond acceptors (Lipinski definition) is 3. The molecule has 0 radical (unpaired) electrons. The van der Waals surface area contributed by atoms with Gasteiger partial charge in [-0.15, -0.1) is 11.3 Å². The van der Waals surface area contributed by atoms with Crippen LogP contribution in [-0.4, -0.2) is 12.4 Å². The molecule has 0 spiro atoms. The van der Waals surface area contributed by atoms with Crippen LogP contribution < -0.4 is 4.74 Å². The second-order valence-corrected chi connectivity index (χ2v) is 6.46. The minimum Gasteiger partial charge on any atom is -0.485 e. The molecule has 1 aromatic heterocycles. The third-order valence-electron chi connectivity index (χ3n) is 3.30. The Kier molecular flexibility index (Phi) is 5.38. The summed E-state index contributed by atoms with van der Waals surface area (Å²) in [7, 11) is 0. The molecule has 0 N–H and O–H groups in total. The van der Waals surface area contributed by atoms with Crippen LogP contribution in [-0.2, 0) is 0 Å². The molecule has 20 heavy (non-hydrogen) atoms. The van der Waals surface area contributed by atoms with Crippen molar-refractivity contribution in [2.75, 3.05) is 6.61 Å². The first-order chi connectivity index (χ1) is 9.61. The lowest BCUT2D eigenvalue weighted by molar-refractivity contribution is 0.0925. The zero-order chi connectivity index (χ0) is 14.5. The summed E-state index contributed by atoms with van der Waals surface area (Å²) < 4.78 is 6.39. The highest BCUT2D eigenvalue weighted by Gasteiger charge is 2.12. The second-order valence-electron chi connectivity index (χ2n) is 4.69. The Balaban J connectivity index is 1.94. The fourth-order valence-corrected chi connectivity index (χ4v) is 3.36. The summed E-state index contributed by atoms with van der Waals surface area (Å²) >= 11 is 4.79. The number of halogens is 1. The maximum absolute atomic E-state index is 12.0. The first kappa shape index (κ1) is 15.3. The molecule has 0 fully saturated rings. The number of carbonyl (C=O) groups is 1. The molecule has 0 aliphatic heterocycles. The van der Waals surface area contributed by atoms with Crippen molar-refractivity contribution >= 4 is 33.0 Å². The lowest BCUT2D eigenvalue weighted by atomic mass is 9.99. The van der Waals surface area contributed by atoms with Crippen molar-refractivity contribution in [3.8, 4) is 5.75 Å². The third kappa shape index (κ3) is 3.70. The standard InChI is InChI=1S/C16H17BrO2S/c1-3-11(2)12-4-6-13(7-5-12)19-10-15(18)16-14(17)8-9-20-16/h4-9,11H,3,10H2,1-2H3. The number of ketones is 1. The average Bonchev–Trinajstić information content (AvgIpc) is 2.90. The van der Waals surface area contributed by atoms with Crippen LogP contribution in [0, 0.1) is 0 Å². The molecule has 0 amide bonds. The van der Waals surface area contributed by atoms with Gasteiger partial charge in [0, 0.05) is 4.47 Å². The quantitative estimate of drug-likeness (QED) is 0.660. The first-order valence-corrected chi connectivity index (χ1v) is 8.28. The lowest BCUT2D eigenvalue weighted by Crippen LogP contribution is -2.10. The average molecular weight is 353 g/mol. The summed E-state index contributed by atoms with van der Waals surface area (Å²) in [4.78, 5) is 12.7. The molecule has 0 aliphatic carbocycles. The van der Waals surface area contributed by atoms with E-state index in [9.17, 15) is 4.79 Å². The van der Waals surface area contributed by atoms with E-state index in [1.807, 2.05) is 23.6 Å². The molecular weight excluding hydrogens is 336 g/mol. The molecule has 0 saturated heterocycles. The van der Waals surface area contributed by atoms with Gasteiger partial charge >= 0.3 is 0 Å². The Labute approximate surface area is 131 Å². The Hall–Kier alpha value is -1.13. The number of Topliss-reactive ketones (excluding diaryl/α,β-unsaturated/α-hetero) is 1. The number of rotatable bonds is 6. The second kappa shape index (κ2) is 7.04. The summed E-state index contributed by atoms with van der Waals surface area (Å²) in [5, 5.41) is 1.89. The molecule has 1 atom stereocenters. The van der Waals surface area contributed by atoms with Crippen LogP contribution in [0.1, 0.15) is 41.4 Å². The Bertz CT molecular complexity index is 574. The number of carbonyl (C=O) groups excluding carboxylic acids is 1. The maximum atomic E-state index is 12.0. The van der Waals surface area contributed by atoms with E-state index in [0.717, 1.165) is 16.6 Å². The summed E-state index contributed by atoms with van der Waals surface area (Å²) in [6.07, 6.45) is 1.12. The zero-order valence-corrected chi connectivity index (χ0v) is 14.0. The molecule has 1 heterocycles. The van der Waals surface area contributed by atoms with Crippen LogP contribution in [0.2, 0.25) is 0 Å². The number of benzene rings is 1. The van der Waals surface area contributed by atoms with Gasteiger partial charge in [-0.05, 0) is 57.4 Å². The Morgan fingerprint density at radius 3 is 2.55 bits per heavy atom. The van der Waals surface area contributed by atoms with Gasteiger partial charge in [-0.2, -0.15) is 0 Å². The van der Waals surface area contributed by atoms with Crippen molar-refractivity contribution in [3.05, 3.63) is 50.6 Å². The van der Waals surface area contributed by atoms with E-state index in [0.29, 0.717) is 10.8 Å². The van der Waals surface area contributed by atoms with E-state index in [2.05, 4.69) is 41.9 Å². The molecule has 0 bridgehead atoms. The highest BCUT2D eigenvalue weighted by molar-refractivity contribution is 9.10. The molecule has 1 unspecified atom stereocenters. The van der Waals surface area contributed by atoms with Crippen molar-refractivity contribution in [1.29, 1.82) is 0 Å². The smallest absolute Gasteiger partial charge is 0.211 e. The molecule has 0 aliphatic rings. The van der Waals surface area contributed by atoms with Crippen LogP contribution in [0.5, 0.6) is 5.75 Å². The van der Waals surface area contributed by atoms with Crippen LogP contribution in [0.15, 0.2) is 40.2 Å². The van der Waals surface area contributed by atoms with E-state index in [-0.39, 0.29) is 12.4 Å². The van der Waals surface area contributed by atoms with Gasteiger partial charge in [0.25, 0.3) is 0 Å². The molecule has 2 aromatic rings. The normalized spacial score (nSPS) is 12.2. The van der Waals surface area contributed by atoms with Crippen LogP contribution in [0.3, 0.4) is 0 Å². The Morgan fingerprint density at radius 2 is 2.00 bits per heavy atom. The van der Waals surface area contributed by atoms with Gasteiger partial charge in [0.2, 0.25) is 5.78 Å². The van der Waals surface area contributed by atoms with Crippen LogP contribution in [0.25, 0.3) is 0 Å². The van der Waals surface area contributed by atoms with Gasteiger partial charge in [-0.25, -0.2) is 0 Å². The van der Waals surface area contributed by atoms with Crippen molar-refractivity contribution < 1.29 is 9.53 Å². The topological polar surface area (TPSA) is 26.3 Å². The van der Waals surface area contributed by atoms with Crippen LogP contribution in [0.4, 0.5) is 0 Å². The molecule has 106 valence electrons. The molecule has 2 nitrogen and oxygen atoms in total. The predicted octanol–water partition coefficient (Wildman–Crippen LogP) is 5.29. The van der Waals surface area contributed by atoms with E-state index in [1.165, 1.54) is 16.9 Å². The summed E-state index contributed by atoms with van der Waals surface area (Å²) in [5.41, 5.74) is 1.30. The molecule has 0 saturated carbocycles. The fourth-order valence-electron chi connectivity index (χ4n) is 1.84. The van der Waals surface area contributed by atoms with E-state index in [1.54, 1.807) is 0 Å². The highest BCUT2D eigenvalue weighted by atomic mass is 79.9. The van der Waals surface area contributed by atoms with E-state index in [4.69, 9.17) is 4.74 Å². The summed E-state index contributed by atoms with van der Waals surface area (Å²) in [6.45, 7) is 4.45. The van der Waals surface area contributed by atoms with Gasteiger partial charge in [0.1, 0.15) is 5.75 Å². The minimum atomic E-state index is -0.00197. The molecule has 4 heteroatoms. The lowest BCUT2D eigenvalue weighted by Gasteiger charge is -2.10. The predicted molar refractivity (Wildman–Crippen MR) is 87.0 cm³/mol. The molecular formula is C16H17BrO2S. The van der Waals surface area contributed by atoms with E-state index < -0.39 is 0 Å². The Morgan fingerprint density at radius 1 is 1.30 bits per heavy atom. The van der Waals surface area contributed by atoms with Crippen molar-refractivity contribution in [1.82, 2.24) is 0 Å². The van der Waals surface area contributed by atoms with Gasteiger partial charge in [-0.1, -0.05) is 26.0 Å². The van der Waals surface area contributed by atoms with E-state index >= 15 is 0 Å². The van der Waals surface area contributed by atoms with Crippen molar-refractivity contribution in [2.24, 2.45) is 0 Å². The largest absolute Gasteiger partial charge is 0.485 e. The monoisotopic (exact) mass is 352 g/mol. The summed E-state index contributed by atoms with van der Waals surface area (Å²) in [6, 6.07) is 9.86. The zero-order valence-electron chi connectivity index (χ0n) is 11.6. The maximum Gasteiger partial charge on any atom is 0.211 e. The van der Waals surface area contributed by atoms with Crippen molar-refractivity contribution in [2.45, 2.75) is 26.2 Å². The highest BCUT2D eigenvalue weighted by Crippen LogP contribution is 2.24. The van der Waals surface area contributed by atoms with Gasteiger partial charge in [-0.3, -0.25) is 4.79 Å². The van der Waals surface area contributed by atoms with Gasteiger partial charge in [0.05, 0.1) is 4.88 Å². The van der Waals surface area contributed by atoms with Gasteiger partial charge in [0.15, 0.2) is 6.61 Å².